The second kappa shape index (κ2) is 4.46. The lowest BCUT2D eigenvalue weighted by Crippen LogP contribution is -1.83. The summed E-state index contributed by atoms with van der Waals surface area (Å²) in [6.07, 6.45) is 1.95. The molecule has 3 aromatic carbocycles. The SMILES string of the molecule is [c]1cccc(-c2ccc3c(cnc4ccccc43)c2)c1. The van der Waals surface area contributed by atoms with Crippen LogP contribution in [0.15, 0.2) is 72.9 Å². The Labute approximate surface area is 117 Å². The summed E-state index contributed by atoms with van der Waals surface area (Å²) in [6, 6.07) is 26.0. The number of benzene rings is 3. The Bertz CT molecular complexity index is 895. The number of rotatable bonds is 1. The normalized spacial score (nSPS) is 11.0. The van der Waals surface area contributed by atoms with Crippen molar-refractivity contribution in [3.05, 3.63) is 79.0 Å². The van der Waals surface area contributed by atoms with E-state index in [1.54, 1.807) is 0 Å². The maximum absolute atomic E-state index is 4.54. The fourth-order valence-corrected chi connectivity index (χ4v) is 2.62. The van der Waals surface area contributed by atoms with Crippen LogP contribution in [0.4, 0.5) is 0 Å². The largest absolute Gasteiger partial charge is 0.256 e. The quantitative estimate of drug-likeness (QED) is 0.442. The zero-order valence-electron chi connectivity index (χ0n) is 10.9. The van der Waals surface area contributed by atoms with Crippen molar-refractivity contribution in [1.29, 1.82) is 0 Å². The van der Waals surface area contributed by atoms with Gasteiger partial charge in [-0.05, 0) is 40.8 Å². The smallest absolute Gasteiger partial charge is 0.0708 e. The van der Waals surface area contributed by atoms with Crippen LogP contribution in [-0.4, -0.2) is 4.98 Å². The maximum Gasteiger partial charge on any atom is 0.0708 e. The van der Waals surface area contributed by atoms with Gasteiger partial charge in [0.25, 0.3) is 0 Å². The molecule has 1 nitrogen and oxygen atoms in total. The average Bonchev–Trinajstić information content (AvgIpc) is 2.55. The van der Waals surface area contributed by atoms with Crippen molar-refractivity contribution in [3.8, 4) is 11.1 Å². The first-order chi connectivity index (χ1) is 9.92. The van der Waals surface area contributed by atoms with E-state index in [4.69, 9.17) is 0 Å². The van der Waals surface area contributed by atoms with Crippen LogP contribution in [-0.2, 0) is 0 Å². The number of hydrogen-bond acceptors (Lipinski definition) is 1. The first kappa shape index (κ1) is 11.2. The molecule has 1 heterocycles. The lowest BCUT2D eigenvalue weighted by Gasteiger charge is -2.06. The van der Waals surface area contributed by atoms with Crippen LogP contribution in [0.25, 0.3) is 32.8 Å². The number of para-hydroxylation sites is 1. The summed E-state index contributed by atoms with van der Waals surface area (Å²) in [6.45, 7) is 0. The molecule has 0 N–H and O–H groups in total. The predicted octanol–water partition coefficient (Wildman–Crippen LogP) is 4.86. The Balaban J connectivity index is 1.99. The van der Waals surface area contributed by atoms with Crippen molar-refractivity contribution in [2.75, 3.05) is 0 Å². The van der Waals surface area contributed by atoms with Crippen molar-refractivity contribution in [2.45, 2.75) is 0 Å². The van der Waals surface area contributed by atoms with Crippen molar-refractivity contribution in [2.24, 2.45) is 0 Å². The van der Waals surface area contributed by atoms with Gasteiger partial charge >= 0.3 is 0 Å². The zero-order valence-corrected chi connectivity index (χ0v) is 10.9. The van der Waals surface area contributed by atoms with Gasteiger partial charge in [-0.3, -0.25) is 4.98 Å². The first-order valence-electron chi connectivity index (χ1n) is 6.66. The van der Waals surface area contributed by atoms with Gasteiger partial charge in [-0.25, -0.2) is 0 Å². The predicted molar refractivity (Wildman–Crippen MR) is 83.5 cm³/mol. The molecule has 0 amide bonds. The van der Waals surface area contributed by atoms with Crippen molar-refractivity contribution in [1.82, 2.24) is 4.98 Å². The van der Waals surface area contributed by atoms with Crippen molar-refractivity contribution < 1.29 is 0 Å². The van der Waals surface area contributed by atoms with Crippen LogP contribution < -0.4 is 0 Å². The van der Waals surface area contributed by atoms with Gasteiger partial charge in [0.1, 0.15) is 0 Å². The highest BCUT2D eigenvalue weighted by Gasteiger charge is 2.03. The van der Waals surface area contributed by atoms with Crippen LogP contribution >= 0.6 is 0 Å². The molecule has 0 aliphatic carbocycles. The van der Waals surface area contributed by atoms with E-state index < -0.39 is 0 Å². The molecular formula is C19H12N. The molecule has 20 heavy (non-hydrogen) atoms. The first-order valence-corrected chi connectivity index (χ1v) is 6.66. The van der Waals surface area contributed by atoms with Gasteiger partial charge in [0.15, 0.2) is 0 Å². The Morgan fingerprint density at radius 2 is 1.75 bits per heavy atom. The lowest BCUT2D eigenvalue weighted by molar-refractivity contribution is 1.44. The van der Waals surface area contributed by atoms with Crippen molar-refractivity contribution >= 4 is 21.7 Å². The molecule has 0 bridgehead atoms. The highest BCUT2D eigenvalue weighted by Crippen LogP contribution is 2.28. The Kier molecular flexibility index (Phi) is 2.49. The number of fused-ring (bicyclic) bond motifs is 3. The van der Waals surface area contributed by atoms with Crippen LogP contribution in [0.3, 0.4) is 0 Å². The van der Waals surface area contributed by atoms with Gasteiger partial charge in [-0.2, -0.15) is 0 Å². The standard InChI is InChI=1S/C19H12N/c1-2-6-14(7-3-1)15-10-11-17-16(12-15)13-20-19-9-5-4-8-18(17)19/h1-2,4-13H. The van der Waals surface area contributed by atoms with E-state index in [9.17, 15) is 0 Å². The number of aromatic nitrogens is 1. The topological polar surface area (TPSA) is 12.9 Å². The van der Waals surface area contributed by atoms with E-state index in [0.717, 1.165) is 5.52 Å². The van der Waals surface area contributed by atoms with Crippen LogP contribution in [0.1, 0.15) is 0 Å². The van der Waals surface area contributed by atoms with Gasteiger partial charge in [-0.15, -0.1) is 0 Å². The van der Waals surface area contributed by atoms with Crippen LogP contribution in [0, 0.1) is 6.07 Å². The van der Waals surface area contributed by atoms with Gasteiger partial charge in [0.2, 0.25) is 0 Å². The summed E-state index contributed by atoms with van der Waals surface area (Å²) in [5, 5.41) is 3.63. The molecule has 1 heteroatoms. The molecule has 0 aliphatic rings. The van der Waals surface area contributed by atoms with Gasteiger partial charge < -0.3 is 0 Å². The maximum atomic E-state index is 4.54. The fourth-order valence-electron chi connectivity index (χ4n) is 2.62. The molecule has 0 spiro atoms. The second-order valence-corrected chi connectivity index (χ2v) is 4.87. The Hall–Kier alpha value is -2.67. The molecule has 1 aromatic heterocycles. The molecule has 0 aliphatic heterocycles. The van der Waals surface area contributed by atoms with E-state index in [0.29, 0.717) is 0 Å². The van der Waals surface area contributed by atoms with E-state index in [2.05, 4.69) is 53.5 Å². The third kappa shape index (κ3) is 1.76. The molecule has 4 rings (SSSR count). The van der Waals surface area contributed by atoms with Crippen LogP contribution in [0.5, 0.6) is 0 Å². The summed E-state index contributed by atoms with van der Waals surface area (Å²) in [5.41, 5.74) is 3.43. The molecule has 0 saturated heterocycles. The molecule has 0 saturated carbocycles. The molecule has 93 valence electrons. The Morgan fingerprint density at radius 3 is 2.65 bits per heavy atom. The van der Waals surface area contributed by atoms with E-state index >= 15 is 0 Å². The third-order valence-corrected chi connectivity index (χ3v) is 3.63. The average molecular weight is 254 g/mol. The zero-order chi connectivity index (χ0) is 13.4. The minimum Gasteiger partial charge on any atom is -0.256 e. The molecule has 1 radical (unpaired) electrons. The molecule has 0 fully saturated rings. The molecular weight excluding hydrogens is 242 g/mol. The van der Waals surface area contributed by atoms with Gasteiger partial charge in [0.05, 0.1) is 5.52 Å². The lowest BCUT2D eigenvalue weighted by atomic mass is 10.0. The number of hydrogen-bond donors (Lipinski definition) is 0. The minimum atomic E-state index is 1.04. The van der Waals surface area contributed by atoms with E-state index in [1.807, 2.05) is 30.5 Å². The third-order valence-electron chi connectivity index (χ3n) is 3.63. The summed E-state index contributed by atoms with van der Waals surface area (Å²) >= 11 is 0. The van der Waals surface area contributed by atoms with Gasteiger partial charge in [0, 0.05) is 17.0 Å². The molecule has 0 atom stereocenters. The molecule has 0 unspecified atom stereocenters. The van der Waals surface area contributed by atoms with Crippen molar-refractivity contribution in [3.63, 3.8) is 0 Å². The monoisotopic (exact) mass is 254 g/mol. The highest BCUT2D eigenvalue weighted by molar-refractivity contribution is 6.06. The van der Waals surface area contributed by atoms with E-state index in [1.165, 1.54) is 27.3 Å². The summed E-state index contributed by atoms with van der Waals surface area (Å²) < 4.78 is 0. The Morgan fingerprint density at radius 1 is 0.800 bits per heavy atom. The summed E-state index contributed by atoms with van der Waals surface area (Å²) in [5.74, 6) is 0. The number of nitrogens with zero attached hydrogens (tertiary/aromatic N) is 1. The van der Waals surface area contributed by atoms with Gasteiger partial charge in [-0.1, -0.05) is 48.5 Å². The fraction of sp³-hybridized carbons (Fsp3) is 0. The van der Waals surface area contributed by atoms with E-state index in [-0.39, 0.29) is 0 Å². The minimum absolute atomic E-state index is 1.04. The van der Waals surface area contributed by atoms with Crippen LogP contribution in [0.2, 0.25) is 0 Å². The number of pyridine rings is 1. The highest BCUT2D eigenvalue weighted by atomic mass is 14.6. The summed E-state index contributed by atoms with van der Waals surface area (Å²) in [7, 11) is 0. The molecule has 4 aromatic rings. The summed E-state index contributed by atoms with van der Waals surface area (Å²) in [4.78, 5) is 4.54. The second-order valence-electron chi connectivity index (χ2n) is 4.87.